The number of hydrogen-bond acceptors (Lipinski definition) is 1. The van der Waals surface area contributed by atoms with Crippen molar-refractivity contribution in [2.75, 3.05) is 0 Å². The van der Waals surface area contributed by atoms with E-state index in [9.17, 15) is 0 Å². The Kier molecular flexibility index (Phi) is 7.60. The molecule has 0 fully saturated rings. The minimum Gasteiger partial charge on any atom is -0.360 e. The van der Waals surface area contributed by atoms with Crippen molar-refractivity contribution in [1.82, 2.24) is 10.6 Å². The van der Waals surface area contributed by atoms with Gasteiger partial charge in [0.15, 0.2) is 5.11 Å². The van der Waals surface area contributed by atoms with Gasteiger partial charge in [-0.1, -0.05) is 57.0 Å². The van der Waals surface area contributed by atoms with Gasteiger partial charge in [-0.2, -0.15) is 0 Å². The maximum atomic E-state index is 5.39. The lowest BCUT2D eigenvalue weighted by Gasteiger charge is -2.21. The SMILES string of the molecule is CC(C)CCCC(C)NC(=S)NC(C)c1ccccc1. The Balaban J connectivity index is 2.29. The van der Waals surface area contributed by atoms with Crippen LogP contribution in [0.1, 0.15) is 58.6 Å². The normalized spacial score (nSPS) is 13.8. The van der Waals surface area contributed by atoms with E-state index in [0.29, 0.717) is 6.04 Å². The largest absolute Gasteiger partial charge is 0.360 e. The molecule has 0 aliphatic carbocycles. The third-order valence-corrected chi connectivity index (χ3v) is 3.68. The van der Waals surface area contributed by atoms with E-state index in [1.807, 2.05) is 6.07 Å². The Bertz CT molecular complexity index is 389. The predicted octanol–water partition coefficient (Wildman–Crippen LogP) is 4.43. The van der Waals surface area contributed by atoms with Crippen molar-refractivity contribution in [3.05, 3.63) is 35.9 Å². The van der Waals surface area contributed by atoms with E-state index in [1.54, 1.807) is 0 Å². The van der Waals surface area contributed by atoms with Crippen LogP contribution in [0.25, 0.3) is 0 Å². The molecular weight excluding hydrogens is 264 g/mol. The summed E-state index contributed by atoms with van der Waals surface area (Å²) in [5, 5.41) is 7.47. The number of rotatable bonds is 7. The van der Waals surface area contributed by atoms with E-state index >= 15 is 0 Å². The summed E-state index contributed by atoms with van der Waals surface area (Å²) in [5.74, 6) is 0.783. The average Bonchev–Trinajstić information content (AvgIpc) is 2.38. The molecule has 20 heavy (non-hydrogen) atoms. The van der Waals surface area contributed by atoms with Crippen LogP contribution >= 0.6 is 12.2 Å². The smallest absolute Gasteiger partial charge is 0.166 e. The molecule has 1 rings (SSSR count). The van der Waals surface area contributed by atoms with Gasteiger partial charge in [0.2, 0.25) is 0 Å². The van der Waals surface area contributed by atoms with Crippen LogP contribution in [0.15, 0.2) is 30.3 Å². The van der Waals surface area contributed by atoms with Crippen LogP contribution in [-0.4, -0.2) is 11.2 Å². The summed E-state index contributed by atoms with van der Waals surface area (Å²) >= 11 is 5.39. The first-order chi connectivity index (χ1) is 9.49. The fourth-order valence-corrected chi connectivity index (χ4v) is 2.57. The number of nitrogens with one attached hydrogen (secondary N) is 2. The van der Waals surface area contributed by atoms with Gasteiger partial charge in [-0.05, 0) is 44.0 Å². The molecule has 0 saturated heterocycles. The molecule has 0 aromatic heterocycles. The Morgan fingerprint density at radius 2 is 1.65 bits per heavy atom. The summed E-state index contributed by atoms with van der Waals surface area (Å²) in [5.41, 5.74) is 1.25. The van der Waals surface area contributed by atoms with E-state index in [2.05, 4.69) is 62.6 Å². The minimum absolute atomic E-state index is 0.235. The first-order valence-corrected chi connectivity index (χ1v) is 8.01. The van der Waals surface area contributed by atoms with Gasteiger partial charge in [-0.15, -0.1) is 0 Å². The Morgan fingerprint density at radius 1 is 1.00 bits per heavy atom. The topological polar surface area (TPSA) is 24.1 Å². The van der Waals surface area contributed by atoms with Gasteiger partial charge in [-0.25, -0.2) is 0 Å². The summed E-state index contributed by atoms with van der Waals surface area (Å²) < 4.78 is 0. The second-order valence-electron chi connectivity index (χ2n) is 5.98. The standard InChI is InChI=1S/C17H28N2S/c1-13(2)9-8-10-14(3)18-17(20)19-15(4)16-11-6-5-7-12-16/h5-7,11-15H,8-10H2,1-4H3,(H2,18,19,20). The van der Waals surface area contributed by atoms with Crippen LogP contribution in [0.2, 0.25) is 0 Å². The summed E-state index contributed by atoms with van der Waals surface area (Å²) in [6.45, 7) is 8.87. The highest BCUT2D eigenvalue weighted by atomic mass is 32.1. The molecule has 0 amide bonds. The molecule has 1 aromatic rings. The third-order valence-electron chi connectivity index (χ3n) is 3.44. The Hall–Kier alpha value is -1.09. The van der Waals surface area contributed by atoms with Crippen LogP contribution in [0.5, 0.6) is 0 Å². The Morgan fingerprint density at radius 3 is 2.25 bits per heavy atom. The first-order valence-electron chi connectivity index (χ1n) is 7.61. The van der Waals surface area contributed by atoms with Crippen LogP contribution in [0.3, 0.4) is 0 Å². The van der Waals surface area contributed by atoms with E-state index in [4.69, 9.17) is 12.2 Å². The highest BCUT2D eigenvalue weighted by molar-refractivity contribution is 7.80. The second kappa shape index (κ2) is 8.96. The van der Waals surface area contributed by atoms with Crippen LogP contribution in [0, 0.1) is 5.92 Å². The first kappa shape index (κ1) is 17.0. The van der Waals surface area contributed by atoms with Crippen molar-refractivity contribution in [3.63, 3.8) is 0 Å². The van der Waals surface area contributed by atoms with Crippen molar-refractivity contribution in [2.24, 2.45) is 5.92 Å². The molecule has 3 heteroatoms. The van der Waals surface area contributed by atoms with Crippen molar-refractivity contribution in [1.29, 1.82) is 0 Å². The number of thiocarbonyl (C=S) groups is 1. The zero-order valence-electron chi connectivity index (χ0n) is 13.1. The average molecular weight is 292 g/mol. The molecule has 0 saturated carbocycles. The molecule has 1 aromatic carbocycles. The van der Waals surface area contributed by atoms with Gasteiger partial charge in [0.1, 0.15) is 0 Å². The molecule has 0 aliphatic heterocycles. The minimum atomic E-state index is 0.235. The molecule has 0 aliphatic rings. The van der Waals surface area contributed by atoms with E-state index in [-0.39, 0.29) is 6.04 Å². The number of benzene rings is 1. The van der Waals surface area contributed by atoms with Gasteiger partial charge in [0.25, 0.3) is 0 Å². The summed E-state index contributed by atoms with van der Waals surface area (Å²) in [6.07, 6.45) is 3.70. The molecule has 112 valence electrons. The van der Waals surface area contributed by atoms with Crippen LogP contribution in [-0.2, 0) is 0 Å². The van der Waals surface area contributed by atoms with E-state index < -0.39 is 0 Å². The lowest BCUT2D eigenvalue weighted by molar-refractivity contribution is 0.491. The molecule has 0 bridgehead atoms. The molecular formula is C17H28N2S. The highest BCUT2D eigenvalue weighted by Gasteiger charge is 2.09. The maximum Gasteiger partial charge on any atom is 0.166 e. The lowest BCUT2D eigenvalue weighted by Crippen LogP contribution is -2.41. The van der Waals surface area contributed by atoms with Crippen molar-refractivity contribution >= 4 is 17.3 Å². The molecule has 2 unspecified atom stereocenters. The lowest BCUT2D eigenvalue weighted by atomic mass is 10.0. The zero-order chi connectivity index (χ0) is 15.0. The van der Waals surface area contributed by atoms with Crippen LogP contribution in [0.4, 0.5) is 0 Å². The number of hydrogen-bond donors (Lipinski definition) is 2. The van der Waals surface area contributed by atoms with Gasteiger partial charge in [0, 0.05) is 6.04 Å². The Labute approximate surface area is 129 Å². The summed E-state index contributed by atoms with van der Waals surface area (Å²) in [7, 11) is 0. The fourth-order valence-electron chi connectivity index (χ4n) is 2.19. The van der Waals surface area contributed by atoms with Gasteiger partial charge >= 0.3 is 0 Å². The van der Waals surface area contributed by atoms with Gasteiger partial charge < -0.3 is 10.6 Å². The molecule has 2 nitrogen and oxygen atoms in total. The summed E-state index contributed by atoms with van der Waals surface area (Å²) in [4.78, 5) is 0. The monoisotopic (exact) mass is 292 g/mol. The zero-order valence-corrected chi connectivity index (χ0v) is 14.0. The quantitative estimate of drug-likeness (QED) is 0.727. The van der Waals surface area contributed by atoms with Crippen molar-refractivity contribution in [2.45, 2.75) is 59.0 Å². The molecule has 0 spiro atoms. The van der Waals surface area contributed by atoms with Gasteiger partial charge in [-0.3, -0.25) is 0 Å². The van der Waals surface area contributed by atoms with Crippen molar-refractivity contribution < 1.29 is 0 Å². The van der Waals surface area contributed by atoms with Crippen LogP contribution < -0.4 is 10.6 Å². The molecule has 2 atom stereocenters. The molecule has 2 N–H and O–H groups in total. The predicted molar refractivity (Wildman–Crippen MR) is 91.9 cm³/mol. The van der Waals surface area contributed by atoms with E-state index in [0.717, 1.165) is 11.0 Å². The molecule has 0 heterocycles. The van der Waals surface area contributed by atoms with Crippen molar-refractivity contribution in [3.8, 4) is 0 Å². The fraction of sp³-hybridized carbons (Fsp3) is 0.588. The summed E-state index contributed by atoms with van der Waals surface area (Å²) in [6, 6.07) is 11.0. The van der Waals surface area contributed by atoms with E-state index in [1.165, 1.54) is 24.8 Å². The second-order valence-corrected chi connectivity index (χ2v) is 6.38. The highest BCUT2D eigenvalue weighted by Crippen LogP contribution is 2.11. The third kappa shape index (κ3) is 6.90. The molecule has 0 radical (unpaired) electrons. The maximum absolute atomic E-state index is 5.39. The van der Waals surface area contributed by atoms with Gasteiger partial charge in [0.05, 0.1) is 6.04 Å².